The third-order valence-corrected chi connectivity index (χ3v) is 4.71. The van der Waals surface area contributed by atoms with Gasteiger partial charge in [-0.3, -0.25) is 4.79 Å². The molecular weight excluding hydrogens is 322 g/mol. The summed E-state index contributed by atoms with van der Waals surface area (Å²) >= 11 is 0. The lowest BCUT2D eigenvalue weighted by molar-refractivity contribution is 0.0928. The van der Waals surface area contributed by atoms with Crippen LogP contribution < -0.4 is 5.32 Å². The number of fused-ring (bicyclic) bond motifs is 1. The molecule has 3 rings (SSSR count). The largest absolute Gasteiger partial charge is 0.450 e. The van der Waals surface area contributed by atoms with E-state index in [1.165, 1.54) is 24.8 Å². The van der Waals surface area contributed by atoms with E-state index in [-0.39, 0.29) is 5.91 Å². The molecule has 1 aromatic heterocycles. The topological polar surface area (TPSA) is 42.2 Å². The first kappa shape index (κ1) is 18.2. The molecule has 1 N–H and O–H groups in total. The van der Waals surface area contributed by atoms with Gasteiger partial charge in [-0.1, -0.05) is 86.7 Å². The average Bonchev–Trinajstić information content (AvgIpc) is 3.05. The highest BCUT2D eigenvalue weighted by Crippen LogP contribution is 2.34. The summed E-state index contributed by atoms with van der Waals surface area (Å²) < 4.78 is 6.04. The van der Waals surface area contributed by atoms with E-state index < -0.39 is 0 Å². The van der Waals surface area contributed by atoms with E-state index in [1.807, 2.05) is 36.4 Å². The van der Waals surface area contributed by atoms with Crippen molar-refractivity contribution >= 4 is 16.7 Å². The van der Waals surface area contributed by atoms with Gasteiger partial charge in [-0.05, 0) is 13.3 Å². The van der Waals surface area contributed by atoms with Crippen LogP contribution in [0.3, 0.4) is 0 Å². The van der Waals surface area contributed by atoms with Crippen LogP contribution in [0.4, 0.5) is 0 Å². The van der Waals surface area contributed by atoms with Crippen LogP contribution in [0, 0.1) is 6.92 Å². The summed E-state index contributed by atoms with van der Waals surface area (Å²) in [6, 6.07) is 16.1. The Morgan fingerprint density at radius 1 is 0.923 bits per heavy atom. The minimum Gasteiger partial charge on any atom is -0.450 e. The quantitative estimate of drug-likeness (QED) is 0.499. The Labute approximate surface area is 155 Å². The molecule has 3 aromatic rings. The lowest BCUT2D eigenvalue weighted by Gasteiger charge is -2.03. The normalized spacial score (nSPS) is 11.0. The lowest BCUT2D eigenvalue weighted by atomic mass is 10.1. The summed E-state index contributed by atoms with van der Waals surface area (Å²) in [7, 11) is 0. The van der Waals surface area contributed by atoms with Crippen molar-refractivity contribution in [1.82, 2.24) is 5.32 Å². The highest BCUT2D eigenvalue weighted by molar-refractivity contribution is 6.09. The van der Waals surface area contributed by atoms with Crippen LogP contribution in [0.5, 0.6) is 0 Å². The van der Waals surface area contributed by atoms with E-state index in [0.717, 1.165) is 34.9 Å². The van der Waals surface area contributed by atoms with Crippen LogP contribution in [-0.4, -0.2) is 12.5 Å². The Hall–Kier alpha value is -2.55. The number of amides is 1. The van der Waals surface area contributed by atoms with Crippen molar-refractivity contribution in [3.05, 3.63) is 59.9 Å². The summed E-state index contributed by atoms with van der Waals surface area (Å²) in [6.07, 6.45) is 5.88. The van der Waals surface area contributed by atoms with Gasteiger partial charge in [-0.15, -0.1) is 0 Å². The molecule has 0 aliphatic heterocycles. The highest BCUT2D eigenvalue weighted by atomic mass is 16.4. The molecule has 0 saturated heterocycles. The number of hydrogen-bond acceptors (Lipinski definition) is 2. The van der Waals surface area contributed by atoms with Crippen LogP contribution in [0.15, 0.2) is 52.9 Å². The first-order valence-corrected chi connectivity index (χ1v) is 9.57. The minimum atomic E-state index is -0.130. The molecule has 0 atom stereocenters. The molecule has 0 bridgehead atoms. The summed E-state index contributed by atoms with van der Waals surface area (Å²) in [6.45, 7) is 4.95. The van der Waals surface area contributed by atoms with Gasteiger partial charge in [-0.25, -0.2) is 0 Å². The molecule has 3 heteroatoms. The van der Waals surface area contributed by atoms with E-state index in [2.05, 4.69) is 31.3 Å². The van der Waals surface area contributed by atoms with E-state index in [0.29, 0.717) is 12.3 Å². The summed E-state index contributed by atoms with van der Waals surface area (Å²) in [5, 5.41) is 4.85. The number of rotatable bonds is 8. The van der Waals surface area contributed by atoms with Gasteiger partial charge >= 0.3 is 0 Å². The van der Waals surface area contributed by atoms with Crippen molar-refractivity contribution in [2.24, 2.45) is 0 Å². The standard InChI is InChI=1S/C23H27NO2/c1-3-4-5-6-9-16-24-23(25)22-20-11-8-7-10-19(20)21(26-22)18-14-12-17(2)13-15-18/h7-8,10-15H,3-6,9,16H2,1-2H3,(H,24,25). The zero-order valence-electron chi connectivity index (χ0n) is 15.7. The molecule has 0 spiro atoms. The molecule has 0 saturated carbocycles. The third kappa shape index (κ3) is 4.16. The Balaban J connectivity index is 1.78. The lowest BCUT2D eigenvalue weighted by Crippen LogP contribution is -2.24. The molecule has 3 nitrogen and oxygen atoms in total. The van der Waals surface area contributed by atoms with Gasteiger partial charge in [-0.2, -0.15) is 0 Å². The number of carbonyl (C=O) groups is 1. The number of unbranched alkanes of at least 4 members (excludes halogenated alkanes) is 4. The number of hydrogen-bond donors (Lipinski definition) is 1. The fourth-order valence-corrected chi connectivity index (χ4v) is 3.19. The van der Waals surface area contributed by atoms with E-state index in [9.17, 15) is 4.79 Å². The van der Waals surface area contributed by atoms with Crippen molar-refractivity contribution < 1.29 is 9.21 Å². The monoisotopic (exact) mass is 349 g/mol. The Kier molecular flexibility index (Phi) is 6.11. The molecule has 2 aromatic carbocycles. The number of aryl methyl sites for hydroxylation is 1. The fourth-order valence-electron chi connectivity index (χ4n) is 3.19. The summed E-state index contributed by atoms with van der Waals surface area (Å²) in [4.78, 5) is 12.6. The van der Waals surface area contributed by atoms with Gasteiger partial charge in [0.2, 0.25) is 0 Å². The highest BCUT2D eigenvalue weighted by Gasteiger charge is 2.19. The van der Waals surface area contributed by atoms with Crippen LogP contribution in [0.2, 0.25) is 0 Å². The van der Waals surface area contributed by atoms with E-state index in [1.54, 1.807) is 0 Å². The molecule has 0 aliphatic rings. The SMILES string of the molecule is CCCCCCCNC(=O)c1oc(-c2ccc(C)cc2)c2ccccc12. The predicted molar refractivity (Wildman–Crippen MR) is 107 cm³/mol. The van der Waals surface area contributed by atoms with Gasteiger partial charge < -0.3 is 9.73 Å². The molecule has 1 heterocycles. The minimum absolute atomic E-state index is 0.130. The first-order chi connectivity index (χ1) is 12.7. The molecule has 0 aliphatic carbocycles. The Bertz CT molecular complexity index is 862. The number of benzene rings is 2. The van der Waals surface area contributed by atoms with E-state index in [4.69, 9.17) is 4.42 Å². The summed E-state index contributed by atoms with van der Waals surface area (Å²) in [5.41, 5.74) is 2.19. The number of nitrogens with one attached hydrogen (secondary N) is 1. The Morgan fingerprint density at radius 3 is 2.35 bits per heavy atom. The molecule has 0 unspecified atom stereocenters. The molecule has 136 valence electrons. The van der Waals surface area contributed by atoms with Gasteiger partial charge in [0.15, 0.2) is 5.76 Å². The molecule has 26 heavy (non-hydrogen) atoms. The number of furan rings is 1. The van der Waals surface area contributed by atoms with Crippen molar-refractivity contribution in [2.75, 3.05) is 6.54 Å². The predicted octanol–water partition coefficient (Wildman–Crippen LogP) is 6.11. The smallest absolute Gasteiger partial charge is 0.287 e. The van der Waals surface area contributed by atoms with Crippen molar-refractivity contribution in [1.29, 1.82) is 0 Å². The molecule has 0 fully saturated rings. The summed E-state index contributed by atoms with van der Waals surface area (Å²) in [5.74, 6) is 1.04. The third-order valence-electron chi connectivity index (χ3n) is 4.71. The first-order valence-electron chi connectivity index (χ1n) is 9.57. The zero-order valence-corrected chi connectivity index (χ0v) is 15.7. The van der Waals surface area contributed by atoms with Crippen molar-refractivity contribution in [3.63, 3.8) is 0 Å². The van der Waals surface area contributed by atoms with Crippen LogP contribution in [-0.2, 0) is 0 Å². The molecule has 0 radical (unpaired) electrons. The fraction of sp³-hybridized carbons (Fsp3) is 0.348. The molecule has 1 amide bonds. The van der Waals surface area contributed by atoms with Crippen LogP contribution >= 0.6 is 0 Å². The van der Waals surface area contributed by atoms with Gasteiger partial charge in [0, 0.05) is 22.9 Å². The van der Waals surface area contributed by atoms with Gasteiger partial charge in [0.1, 0.15) is 5.76 Å². The maximum absolute atomic E-state index is 12.6. The zero-order chi connectivity index (χ0) is 18.4. The van der Waals surface area contributed by atoms with E-state index >= 15 is 0 Å². The van der Waals surface area contributed by atoms with Crippen LogP contribution in [0.1, 0.15) is 55.1 Å². The average molecular weight is 349 g/mol. The molecular formula is C23H27NO2. The van der Waals surface area contributed by atoms with Gasteiger partial charge in [0.25, 0.3) is 5.91 Å². The second kappa shape index (κ2) is 8.70. The second-order valence-corrected chi connectivity index (χ2v) is 6.84. The Morgan fingerprint density at radius 2 is 1.62 bits per heavy atom. The second-order valence-electron chi connectivity index (χ2n) is 6.84. The van der Waals surface area contributed by atoms with Crippen molar-refractivity contribution in [3.8, 4) is 11.3 Å². The van der Waals surface area contributed by atoms with Crippen molar-refractivity contribution in [2.45, 2.75) is 46.0 Å². The van der Waals surface area contributed by atoms with Gasteiger partial charge in [0.05, 0.1) is 0 Å². The maximum Gasteiger partial charge on any atom is 0.287 e. The number of carbonyl (C=O) groups excluding carboxylic acids is 1. The van der Waals surface area contributed by atoms with Crippen LogP contribution in [0.25, 0.3) is 22.1 Å². The maximum atomic E-state index is 12.6.